The molecule has 0 aromatic heterocycles. The first-order valence-electron chi connectivity index (χ1n) is 7.95. The molecular weight excluding hydrogens is 384 g/mol. The molecule has 2 rings (SSSR count). The number of benzene rings is 2. The first-order valence-corrected chi connectivity index (χ1v) is 9.72. The number of hydrogen-bond donors (Lipinski definition) is 1. The molecule has 0 radical (unpaired) electrons. The van der Waals surface area contributed by atoms with E-state index in [-0.39, 0.29) is 5.91 Å². The van der Waals surface area contributed by atoms with Crippen LogP contribution in [0.1, 0.15) is 12.0 Å². The highest BCUT2D eigenvalue weighted by molar-refractivity contribution is 9.10. The summed E-state index contributed by atoms with van der Waals surface area (Å²) in [5.74, 6) is 0.828. The van der Waals surface area contributed by atoms with Crippen molar-refractivity contribution in [2.75, 3.05) is 31.7 Å². The largest absolute Gasteiger partial charge is 0.326 e. The second-order valence-electron chi connectivity index (χ2n) is 5.85. The molecule has 0 aliphatic carbocycles. The first-order chi connectivity index (χ1) is 11.5. The number of carbonyl (C=O) groups excluding carboxylic acids is 1. The van der Waals surface area contributed by atoms with Gasteiger partial charge in [-0.15, -0.1) is 11.8 Å². The van der Waals surface area contributed by atoms with Crippen LogP contribution in [-0.4, -0.2) is 37.2 Å². The minimum Gasteiger partial charge on any atom is -0.326 e. The molecule has 0 saturated carbocycles. The number of rotatable bonds is 8. The fourth-order valence-corrected chi connectivity index (χ4v) is 3.24. The van der Waals surface area contributed by atoms with E-state index in [9.17, 15) is 4.79 Å². The third-order valence-corrected chi connectivity index (χ3v) is 5.04. The lowest BCUT2D eigenvalue weighted by Gasteiger charge is -2.10. The van der Waals surface area contributed by atoms with Crippen LogP contribution in [-0.2, 0) is 11.2 Å². The van der Waals surface area contributed by atoms with Crippen molar-refractivity contribution in [1.29, 1.82) is 0 Å². The van der Waals surface area contributed by atoms with E-state index < -0.39 is 0 Å². The van der Waals surface area contributed by atoms with Crippen LogP contribution in [0.25, 0.3) is 0 Å². The standard InChI is InChI=1S/C19H23BrN2OS/c1-22(2)13-11-15-3-7-17(8-4-15)21-19(23)12-14-24-18-9-5-16(20)6-10-18/h3-10H,11-14H2,1-2H3,(H,21,23). The summed E-state index contributed by atoms with van der Waals surface area (Å²) in [5.41, 5.74) is 2.15. The normalized spacial score (nSPS) is 10.8. The molecular formula is C19H23BrN2OS. The van der Waals surface area contributed by atoms with Gasteiger partial charge in [0.05, 0.1) is 0 Å². The topological polar surface area (TPSA) is 32.3 Å². The minimum atomic E-state index is 0.0562. The quantitative estimate of drug-likeness (QED) is 0.646. The number of nitrogens with zero attached hydrogens (tertiary/aromatic N) is 1. The molecule has 0 heterocycles. The molecule has 5 heteroatoms. The van der Waals surface area contributed by atoms with E-state index in [1.807, 2.05) is 24.3 Å². The highest BCUT2D eigenvalue weighted by Gasteiger charge is 2.04. The Morgan fingerprint density at radius 3 is 2.38 bits per heavy atom. The Kier molecular flexibility index (Phi) is 7.82. The lowest BCUT2D eigenvalue weighted by Crippen LogP contribution is -2.15. The molecule has 0 bridgehead atoms. The van der Waals surface area contributed by atoms with Crippen LogP contribution in [0.3, 0.4) is 0 Å². The maximum absolute atomic E-state index is 12.0. The molecule has 1 amide bonds. The monoisotopic (exact) mass is 406 g/mol. The first kappa shape index (κ1) is 19.0. The van der Waals surface area contributed by atoms with Gasteiger partial charge in [0, 0.05) is 33.8 Å². The molecule has 0 atom stereocenters. The van der Waals surface area contributed by atoms with Gasteiger partial charge in [0.1, 0.15) is 0 Å². The van der Waals surface area contributed by atoms with Crippen molar-refractivity contribution in [2.24, 2.45) is 0 Å². The molecule has 2 aromatic rings. The molecule has 24 heavy (non-hydrogen) atoms. The van der Waals surface area contributed by atoms with E-state index in [2.05, 4.69) is 64.5 Å². The van der Waals surface area contributed by atoms with Gasteiger partial charge in [-0.05, 0) is 62.5 Å². The Labute approximate surface area is 157 Å². The molecule has 2 aromatic carbocycles. The number of amides is 1. The molecule has 0 fully saturated rings. The predicted octanol–water partition coefficient (Wildman–Crippen LogP) is 4.67. The smallest absolute Gasteiger partial charge is 0.225 e. The maximum atomic E-state index is 12.0. The van der Waals surface area contributed by atoms with Crippen molar-refractivity contribution in [2.45, 2.75) is 17.7 Å². The second kappa shape index (κ2) is 9.87. The third-order valence-electron chi connectivity index (χ3n) is 3.50. The van der Waals surface area contributed by atoms with Crippen LogP contribution in [0.4, 0.5) is 5.69 Å². The zero-order valence-corrected chi connectivity index (χ0v) is 16.5. The van der Waals surface area contributed by atoms with Gasteiger partial charge >= 0.3 is 0 Å². The summed E-state index contributed by atoms with van der Waals surface area (Å²) < 4.78 is 1.07. The summed E-state index contributed by atoms with van der Waals surface area (Å²) in [4.78, 5) is 15.4. The Bertz CT molecular complexity index is 641. The Morgan fingerprint density at radius 1 is 1.08 bits per heavy atom. The predicted molar refractivity (Wildman–Crippen MR) is 107 cm³/mol. The van der Waals surface area contributed by atoms with E-state index in [0.29, 0.717) is 6.42 Å². The van der Waals surface area contributed by atoms with E-state index in [0.717, 1.165) is 28.9 Å². The lowest BCUT2D eigenvalue weighted by atomic mass is 10.1. The highest BCUT2D eigenvalue weighted by atomic mass is 79.9. The SMILES string of the molecule is CN(C)CCc1ccc(NC(=O)CCSc2ccc(Br)cc2)cc1. The zero-order chi connectivity index (χ0) is 17.4. The highest BCUT2D eigenvalue weighted by Crippen LogP contribution is 2.21. The summed E-state index contributed by atoms with van der Waals surface area (Å²) in [6, 6.07) is 16.2. The molecule has 0 saturated heterocycles. The van der Waals surface area contributed by atoms with Crippen molar-refractivity contribution in [3.8, 4) is 0 Å². The summed E-state index contributed by atoms with van der Waals surface area (Å²) in [6.07, 6.45) is 1.52. The molecule has 3 nitrogen and oxygen atoms in total. The molecule has 128 valence electrons. The molecule has 1 N–H and O–H groups in total. The molecule has 0 unspecified atom stereocenters. The summed E-state index contributed by atoms with van der Waals surface area (Å²) in [6.45, 7) is 1.03. The molecule has 0 aliphatic heterocycles. The molecule has 0 aliphatic rings. The summed E-state index contributed by atoms with van der Waals surface area (Å²) in [5, 5.41) is 2.96. The number of likely N-dealkylation sites (N-methyl/N-ethyl adjacent to an activating group) is 1. The van der Waals surface area contributed by atoms with Gasteiger partial charge in [0.15, 0.2) is 0 Å². The number of hydrogen-bond acceptors (Lipinski definition) is 3. The van der Waals surface area contributed by atoms with Crippen molar-refractivity contribution >= 4 is 39.3 Å². The van der Waals surface area contributed by atoms with Crippen molar-refractivity contribution in [3.05, 3.63) is 58.6 Å². The van der Waals surface area contributed by atoms with Crippen LogP contribution < -0.4 is 5.32 Å². The van der Waals surface area contributed by atoms with Crippen LogP contribution >= 0.6 is 27.7 Å². The van der Waals surface area contributed by atoms with E-state index >= 15 is 0 Å². The lowest BCUT2D eigenvalue weighted by molar-refractivity contribution is -0.115. The average molecular weight is 407 g/mol. The molecule has 0 spiro atoms. The Balaban J connectivity index is 1.72. The van der Waals surface area contributed by atoms with Gasteiger partial charge < -0.3 is 10.2 Å². The van der Waals surface area contributed by atoms with Crippen LogP contribution in [0, 0.1) is 0 Å². The van der Waals surface area contributed by atoms with Gasteiger partial charge in [-0.3, -0.25) is 4.79 Å². The second-order valence-corrected chi connectivity index (χ2v) is 7.93. The maximum Gasteiger partial charge on any atom is 0.225 e. The third kappa shape index (κ3) is 7.07. The van der Waals surface area contributed by atoms with E-state index in [4.69, 9.17) is 0 Å². The number of nitrogens with one attached hydrogen (secondary N) is 1. The fraction of sp³-hybridized carbons (Fsp3) is 0.316. The van der Waals surface area contributed by atoms with Crippen molar-refractivity contribution in [1.82, 2.24) is 4.90 Å². The number of carbonyl (C=O) groups is 1. The van der Waals surface area contributed by atoms with Gasteiger partial charge in [-0.1, -0.05) is 28.1 Å². The van der Waals surface area contributed by atoms with Crippen LogP contribution in [0.15, 0.2) is 57.9 Å². The zero-order valence-electron chi connectivity index (χ0n) is 14.1. The number of anilines is 1. The minimum absolute atomic E-state index is 0.0562. The van der Waals surface area contributed by atoms with Crippen molar-refractivity contribution < 1.29 is 4.79 Å². The summed E-state index contributed by atoms with van der Waals surface area (Å²) in [7, 11) is 4.14. The van der Waals surface area contributed by atoms with Crippen LogP contribution in [0.5, 0.6) is 0 Å². The van der Waals surface area contributed by atoms with Crippen LogP contribution in [0.2, 0.25) is 0 Å². The van der Waals surface area contributed by atoms with Gasteiger partial charge in [-0.25, -0.2) is 0 Å². The van der Waals surface area contributed by atoms with E-state index in [1.165, 1.54) is 10.5 Å². The number of thioether (sulfide) groups is 1. The van der Waals surface area contributed by atoms with E-state index in [1.54, 1.807) is 11.8 Å². The van der Waals surface area contributed by atoms with Crippen molar-refractivity contribution in [3.63, 3.8) is 0 Å². The van der Waals surface area contributed by atoms with Gasteiger partial charge in [-0.2, -0.15) is 0 Å². The Hall–Kier alpha value is -1.30. The van der Waals surface area contributed by atoms with Gasteiger partial charge in [0.25, 0.3) is 0 Å². The van der Waals surface area contributed by atoms with Gasteiger partial charge in [0.2, 0.25) is 5.91 Å². The Morgan fingerprint density at radius 2 is 1.75 bits per heavy atom. The average Bonchev–Trinajstić information content (AvgIpc) is 2.56. The summed E-state index contributed by atoms with van der Waals surface area (Å²) >= 11 is 5.11. The fourth-order valence-electron chi connectivity index (χ4n) is 2.12. The number of halogens is 1.